The average molecular weight is 198 g/mol. The molecule has 13 heavy (non-hydrogen) atoms. The third-order valence-corrected chi connectivity index (χ3v) is 1.75. The fraction of sp³-hybridized carbons (Fsp3) is 0. The first-order valence-electron chi connectivity index (χ1n) is 3.13. The molecule has 1 aromatic carbocycles. The number of thiol groups is 1. The average Bonchev–Trinajstić information content (AvgIpc) is 2.07. The summed E-state index contributed by atoms with van der Waals surface area (Å²) in [6.07, 6.45) is 0. The van der Waals surface area contributed by atoms with Crippen LogP contribution in [0.4, 0.5) is 10.1 Å². The molecule has 0 aliphatic heterocycles. The van der Waals surface area contributed by atoms with Crippen LogP contribution >= 0.6 is 12.6 Å². The zero-order chi connectivity index (χ0) is 10.0. The Bertz CT molecular complexity index is 414. The Hall–Kier alpha value is -1.61. The number of hydrogen-bond acceptors (Lipinski definition) is 4. The maximum atomic E-state index is 12.8. The highest BCUT2D eigenvalue weighted by Crippen LogP contribution is 2.23. The van der Waals surface area contributed by atoms with E-state index in [2.05, 4.69) is 12.6 Å². The summed E-state index contributed by atoms with van der Waals surface area (Å²) < 4.78 is 12.8. The molecule has 0 aliphatic carbocycles. The molecule has 0 saturated carbocycles. The Morgan fingerprint density at radius 1 is 1.62 bits per heavy atom. The molecule has 0 atom stereocenters. The number of nitro groups is 1. The molecule has 0 bridgehead atoms. The van der Waals surface area contributed by atoms with E-state index in [9.17, 15) is 14.5 Å². The molecule has 0 amide bonds. The number of nitro benzene ring substituents is 1. The van der Waals surface area contributed by atoms with Gasteiger partial charge in [0.25, 0.3) is 0 Å². The Labute approximate surface area is 78.2 Å². The molecular formula is C7H3FN2O2S. The van der Waals surface area contributed by atoms with E-state index in [4.69, 9.17) is 5.26 Å². The summed E-state index contributed by atoms with van der Waals surface area (Å²) >= 11 is 3.80. The van der Waals surface area contributed by atoms with Gasteiger partial charge in [-0.3, -0.25) is 10.1 Å². The minimum absolute atomic E-state index is 0.0218. The molecule has 1 aromatic rings. The van der Waals surface area contributed by atoms with E-state index >= 15 is 0 Å². The quantitative estimate of drug-likeness (QED) is 0.425. The van der Waals surface area contributed by atoms with Crippen molar-refractivity contribution >= 4 is 18.3 Å². The van der Waals surface area contributed by atoms with Crippen molar-refractivity contribution in [2.75, 3.05) is 0 Å². The smallest absolute Gasteiger partial charge is 0.258 e. The van der Waals surface area contributed by atoms with Crippen LogP contribution in [0.5, 0.6) is 0 Å². The molecular weight excluding hydrogens is 195 g/mol. The van der Waals surface area contributed by atoms with Crippen LogP contribution in [0.15, 0.2) is 17.0 Å². The molecule has 0 N–H and O–H groups in total. The van der Waals surface area contributed by atoms with Crippen LogP contribution in [0, 0.1) is 27.3 Å². The molecule has 4 nitrogen and oxygen atoms in total. The summed E-state index contributed by atoms with van der Waals surface area (Å²) in [5.74, 6) is -1.03. The number of halogens is 1. The highest BCUT2D eigenvalue weighted by molar-refractivity contribution is 7.80. The van der Waals surface area contributed by atoms with Gasteiger partial charge in [0.15, 0.2) is 0 Å². The zero-order valence-electron chi connectivity index (χ0n) is 6.19. The lowest BCUT2D eigenvalue weighted by molar-refractivity contribution is -0.387. The molecule has 0 aromatic heterocycles. The van der Waals surface area contributed by atoms with Gasteiger partial charge in [0.2, 0.25) is 5.82 Å². The van der Waals surface area contributed by atoms with Crippen LogP contribution in [-0.2, 0) is 0 Å². The molecule has 6 heteroatoms. The van der Waals surface area contributed by atoms with E-state index in [-0.39, 0.29) is 10.5 Å². The lowest BCUT2D eigenvalue weighted by Gasteiger charge is -1.97. The first-order valence-corrected chi connectivity index (χ1v) is 3.58. The van der Waals surface area contributed by atoms with E-state index in [0.717, 1.165) is 12.1 Å². The number of hydrogen-bond donors (Lipinski definition) is 1. The van der Waals surface area contributed by atoms with Gasteiger partial charge in [-0.05, 0) is 6.07 Å². The standard InChI is InChI=1S/C7H3FN2O2S/c8-5-1-4(3-9)7(13)2-6(5)10(11)12/h1-2,13H. The number of nitrogens with zero attached hydrogens (tertiary/aromatic N) is 2. The van der Waals surface area contributed by atoms with Crippen LogP contribution in [0.2, 0.25) is 0 Å². The van der Waals surface area contributed by atoms with Crippen molar-refractivity contribution in [3.05, 3.63) is 33.6 Å². The van der Waals surface area contributed by atoms with E-state index in [1.54, 1.807) is 6.07 Å². The summed E-state index contributed by atoms with van der Waals surface area (Å²) in [5.41, 5.74) is -0.699. The second-order valence-corrected chi connectivity index (χ2v) is 2.67. The van der Waals surface area contributed by atoms with Gasteiger partial charge in [0.1, 0.15) is 6.07 Å². The normalized spacial score (nSPS) is 9.31. The first-order chi connectivity index (χ1) is 6.06. The Morgan fingerprint density at radius 2 is 2.23 bits per heavy atom. The molecule has 0 radical (unpaired) electrons. The monoisotopic (exact) mass is 198 g/mol. The molecule has 0 aliphatic rings. The van der Waals surface area contributed by atoms with Crippen molar-refractivity contribution in [2.24, 2.45) is 0 Å². The van der Waals surface area contributed by atoms with Gasteiger partial charge in [-0.15, -0.1) is 12.6 Å². The molecule has 1 rings (SSSR count). The van der Waals surface area contributed by atoms with Gasteiger partial charge in [-0.1, -0.05) is 0 Å². The second-order valence-electron chi connectivity index (χ2n) is 2.19. The highest BCUT2D eigenvalue weighted by Gasteiger charge is 2.16. The van der Waals surface area contributed by atoms with E-state index in [1.807, 2.05) is 0 Å². The molecule has 0 fully saturated rings. The second kappa shape index (κ2) is 3.41. The first kappa shape index (κ1) is 9.48. The van der Waals surface area contributed by atoms with Crippen LogP contribution in [0.1, 0.15) is 5.56 Å². The Morgan fingerprint density at radius 3 is 2.69 bits per heavy atom. The number of nitriles is 1. The third kappa shape index (κ3) is 1.76. The van der Waals surface area contributed by atoms with Gasteiger partial charge in [0.05, 0.1) is 10.5 Å². The molecule has 0 spiro atoms. The summed E-state index contributed by atoms with van der Waals surface area (Å²) in [7, 11) is 0. The van der Waals surface area contributed by atoms with Crippen molar-refractivity contribution in [1.29, 1.82) is 5.26 Å². The summed E-state index contributed by atoms with van der Waals surface area (Å²) in [6.45, 7) is 0. The predicted molar refractivity (Wildman–Crippen MR) is 45.0 cm³/mol. The summed E-state index contributed by atoms with van der Waals surface area (Å²) in [5, 5.41) is 18.7. The lowest BCUT2D eigenvalue weighted by atomic mass is 10.2. The van der Waals surface area contributed by atoms with E-state index in [0.29, 0.717) is 0 Å². The molecule has 0 heterocycles. The highest BCUT2D eigenvalue weighted by atomic mass is 32.1. The van der Waals surface area contributed by atoms with Gasteiger partial charge in [-0.25, -0.2) is 0 Å². The van der Waals surface area contributed by atoms with Gasteiger partial charge >= 0.3 is 5.69 Å². The molecule has 0 saturated heterocycles. The SMILES string of the molecule is N#Cc1cc(F)c([N+](=O)[O-])cc1S. The fourth-order valence-corrected chi connectivity index (χ4v) is 1.02. The largest absolute Gasteiger partial charge is 0.305 e. The maximum Gasteiger partial charge on any atom is 0.305 e. The van der Waals surface area contributed by atoms with Gasteiger partial charge < -0.3 is 0 Å². The summed E-state index contributed by atoms with van der Waals surface area (Å²) in [4.78, 5) is 9.45. The number of rotatable bonds is 1. The van der Waals surface area contributed by atoms with Crippen molar-refractivity contribution in [3.63, 3.8) is 0 Å². The van der Waals surface area contributed by atoms with Crippen LogP contribution in [-0.4, -0.2) is 4.92 Å². The van der Waals surface area contributed by atoms with Crippen LogP contribution in [0.25, 0.3) is 0 Å². The predicted octanol–water partition coefficient (Wildman–Crippen LogP) is 1.89. The zero-order valence-corrected chi connectivity index (χ0v) is 7.09. The van der Waals surface area contributed by atoms with Crippen molar-refractivity contribution in [3.8, 4) is 6.07 Å². The van der Waals surface area contributed by atoms with Gasteiger partial charge in [-0.2, -0.15) is 9.65 Å². The minimum atomic E-state index is -1.03. The molecule has 66 valence electrons. The van der Waals surface area contributed by atoms with Crippen molar-refractivity contribution in [1.82, 2.24) is 0 Å². The molecule has 0 unspecified atom stereocenters. The Balaban J connectivity index is 3.39. The van der Waals surface area contributed by atoms with E-state index < -0.39 is 16.4 Å². The van der Waals surface area contributed by atoms with Crippen molar-refractivity contribution in [2.45, 2.75) is 4.90 Å². The van der Waals surface area contributed by atoms with Crippen LogP contribution in [0.3, 0.4) is 0 Å². The van der Waals surface area contributed by atoms with E-state index in [1.165, 1.54) is 0 Å². The summed E-state index contributed by atoms with van der Waals surface area (Å²) in [6, 6.07) is 3.37. The Kier molecular flexibility index (Phi) is 2.49. The third-order valence-electron chi connectivity index (χ3n) is 1.38. The minimum Gasteiger partial charge on any atom is -0.258 e. The van der Waals surface area contributed by atoms with Gasteiger partial charge in [0, 0.05) is 11.0 Å². The maximum absolute atomic E-state index is 12.8. The topological polar surface area (TPSA) is 66.9 Å². The van der Waals surface area contributed by atoms with Crippen molar-refractivity contribution < 1.29 is 9.31 Å². The van der Waals surface area contributed by atoms with Crippen LogP contribution < -0.4 is 0 Å². The lowest BCUT2D eigenvalue weighted by Crippen LogP contribution is -1.94. The fourth-order valence-electron chi connectivity index (χ4n) is 0.780. The number of benzene rings is 1.